The van der Waals surface area contributed by atoms with Gasteiger partial charge in [-0.15, -0.1) is 0 Å². The minimum absolute atomic E-state index is 0.340. The van der Waals surface area contributed by atoms with Gasteiger partial charge in [0.2, 0.25) is 0 Å². The van der Waals surface area contributed by atoms with Crippen molar-refractivity contribution in [1.29, 1.82) is 0 Å². The van der Waals surface area contributed by atoms with Gasteiger partial charge in [-0.3, -0.25) is 0 Å². The molecule has 1 N–H and O–H groups in total. The highest BCUT2D eigenvalue weighted by Crippen LogP contribution is 2.27. The van der Waals surface area contributed by atoms with Gasteiger partial charge in [0, 0.05) is 5.56 Å². The summed E-state index contributed by atoms with van der Waals surface area (Å²) in [4.78, 5) is 0. The van der Waals surface area contributed by atoms with Crippen LogP contribution in [0.1, 0.15) is 18.8 Å². The topological polar surface area (TPSA) is 33.4 Å². The second kappa shape index (κ2) is 4.39. The van der Waals surface area contributed by atoms with E-state index in [9.17, 15) is 9.50 Å². The van der Waals surface area contributed by atoms with E-state index < -0.39 is 6.10 Å². The summed E-state index contributed by atoms with van der Waals surface area (Å²) < 4.78 is 19.1. The zero-order chi connectivity index (χ0) is 11.7. The molecule has 0 aliphatic heterocycles. The van der Waals surface area contributed by atoms with Gasteiger partial charge in [0.1, 0.15) is 23.4 Å². The number of aliphatic hydroxyl groups excluding tert-OH is 1. The molecule has 0 radical (unpaired) electrons. The summed E-state index contributed by atoms with van der Waals surface area (Å²) in [7, 11) is 0. The van der Waals surface area contributed by atoms with Gasteiger partial charge in [-0.1, -0.05) is 0 Å². The average molecular weight is 285 g/mol. The maximum atomic E-state index is 13.3. The van der Waals surface area contributed by atoms with Crippen LogP contribution in [-0.2, 0) is 0 Å². The number of hydrogen-bond acceptors (Lipinski definition) is 2. The van der Waals surface area contributed by atoms with E-state index >= 15 is 0 Å². The average Bonchev–Trinajstić information content (AvgIpc) is 2.71. The van der Waals surface area contributed by atoms with E-state index in [2.05, 4.69) is 15.9 Å². The molecule has 2 rings (SSSR count). The lowest BCUT2D eigenvalue weighted by molar-refractivity contribution is 0.170. The molecule has 1 heterocycles. The van der Waals surface area contributed by atoms with E-state index in [-0.39, 0.29) is 5.82 Å². The molecule has 0 spiro atoms. The fourth-order valence-electron chi connectivity index (χ4n) is 1.38. The Morgan fingerprint density at radius 2 is 2.06 bits per heavy atom. The summed E-state index contributed by atoms with van der Waals surface area (Å²) in [6.07, 6.45) is -0.658. The fraction of sp³-hybridized carbons (Fsp3) is 0.167. The Kier molecular flexibility index (Phi) is 3.12. The van der Waals surface area contributed by atoms with Crippen molar-refractivity contribution >= 4 is 15.9 Å². The van der Waals surface area contributed by atoms with Crippen molar-refractivity contribution in [3.8, 4) is 11.3 Å². The van der Waals surface area contributed by atoms with E-state index in [1.165, 1.54) is 6.07 Å². The fourth-order valence-corrected chi connectivity index (χ4v) is 1.63. The van der Waals surface area contributed by atoms with Crippen LogP contribution in [0.15, 0.2) is 39.2 Å². The molecular formula is C12H10BrFO2. The maximum Gasteiger partial charge on any atom is 0.138 e. The van der Waals surface area contributed by atoms with Crippen molar-refractivity contribution in [1.82, 2.24) is 0 Å². The van der Waals surface area contributed by atoms with Crippen LogP contribution in [0.2, 0.25) is 0 Å². The molecule has 16 heavy (non-hydrogen) atoms. The molecule has 1 unspecified atom stereocenters. The summed E-state index contributed by atoms with van der Waals surface area (Å²) in [5.41, 5.74) is 0.646. The summed E-state index contributed by atoms with van der Waals surface area (Å²) in [6.45, 7) is 1.62. The van der Waals surface area contributed by atoms with Crippen LogP contribution in [0.5, 0.6) is 0 Å². The largest absolute Gasteiger partial charge is 0.458 e. The highest BCUT2D eigenvalue weighted by molar-refractivity contribution is 9.10. The molecule has 1 aromatic heterocycles. The van der Waals surface area contributed by atoms with E-state index in [1.54, 1.807) is 31.2 Å². The van der Waals surface area contributed by atoms with Crippen molar-refractivity contribution < 1.29 is 13.9 Å². The number of furan rings is 1. The number of aliphatic hydroxyl groups is 1. The molecule has 2 aromatic rings. The summed E-state index contributed by atoms with van der Waals surface area (Å²) >= 11 is 3.08. The third kappa shape index (κ3) is 2.18. The van der Waals surface area contributed by atoms with Crippen molar-refractivity contribution in [2.45, 2.75) is 13.0 Å². The van der Waals surface area contributed by atoms with Crippen LogP contribution in [0.4, 0.5) is 4.39 Å². The Hall–Kier alpha value is -1.13. The molecule has 2 nitrogen and oxygen atoms in total. The van der Waals surface area contributed by atoms with Gasteiger partial charge < -0.3 is 9.52 Å². The highest BCUT2D eigenvalue weighted by Gasteiger charge is 2.10. The molecule has 0 fully saturated rings. The van der Waals surface area contributed by atoms with Crippen LogP contribution < -0.4 is 0 Å². The SMILES string of the molecule is CC(O)c1ccc(-c2ccc(Br)c(F)c2)o1. The summed E-state index contributed by atoms with van der Waals surface area (Å²) in [5.74, 6) is 0.674. The van der Waals surface area contributed by atoms with Gasteiger partial charge >= 0.3 is 0 Å². The third-order valence-electron chi connectivity index (χ3n) is 2.24. The van der Waals surface area contributed by atoms with Crippen LogP contribution >= 0.6 is 15.9 Å². The van der Waals surface area contributed by atoms with Gasteiger partial charge in [-0.2, -0.15) is 0 Å². The van der Waals surface area contributed by atoms with Crippen LogP contribution in [0, 0.1) is 5.82 Å². The molecule has 1 atom stereocenters. The van der Waals surface area contributed by atoms with Crippen molar-refractivity contribution in [2.75, 3.05) is 0 Å². The maximum absolute atomic E-state index is 13.3. The first kappa shape index (κ1) is 11.4. The van der Waals surface area contributed by atoms with E-state index in [0.717, 1.165) is 0 Å². The molecule has 0 saturated carbocycles. The van der Waals surface area contributed by atoms with Crippen molar-refractivity contribution in [3.63, 3.8) is 0 Å². The number of rotatable bonds is 2. The zero-order valence-electron chi connectivity index (χ0n) is 8.58. The Labute approximate surface area is 101 Å². The Morgan fingerprint density at radius 1 is 1.31 bits per heavy atom. The predicted octanol–water partition coefficient (Wildman–Crippen LogP) is 3.90. The minimum atomic E-state index is -0.658. The summed E-state index contributed by atoms with van der Waals surface area (Å²) in [5, 5.41) is 9.31. The second-order valence-corrected chi connectivity index (χ2v) is 4.36. The van der Waals surface area contributed by atoms with Gasteiger partial charge in [0.25, 0.3) is 0 Å². The van der Waals surface area contributed by atoms with Crippen LogP contribution in [0.3, 0.4) is 0 Å². The Morgan fingerprint density at radius 3 is 2.62 bits per heavy atom. The predicted molar refractivity (Wildman–Crippen MR) is 62.4 cm³/mol. The van der Waals surface area contributed by atoms with Gasteiger partial charge in [-0.25, -0.2) is 4.39 Å². The zero-order valence-corrected chi connectivity index (χ0v) is 10.2. The van der Waals surface area contributed by atoms with E-state index in [0.29, 0.717) is 21.6 Å². The first-order valence-electron chi connectivity index (χ1n) is 4.81. The van der Waals surface area contributed by atoms with E-state index in [4.69, 9.17) is 4.42 Å². The van der Waals surface area contributed by atoms with Gasteiger partial charge in [0.05, 0.1) is 4.47 Å². The number of benzene rings is 1. The first-order chi connectivity index (χ1) is 7.58. The molecule has 0 aliphatic rings. The normalized spacial score (nSPS) is 12.8. The molecular weight excluding hydrogens is 275 g/mol. The number of halogens is 2. The molecule has 84 valence electrons. The Balaban J connectivity index is 2.39. The minimum Gasteiger partial charge on any atom is -0.458 e. The molecule has 0 amide bonds. The Bertz CT molecular complexity index is 505. The molecule has 0 aliphatic carbocycles. The quantitative estimate of drug-likeness (QED) is 0.907. The third-order valence-corrected chi connectivity index (χ3v) is 2.89. The molecule has 4 heteroatoms. The number of hydrogen-bond donors (Lipinski definition) is 1. The molecule has 0 saturated heterocycles. The van der Waals surface area contributed by atoms with Crippen LogP contribution in [-0.4, -0.2) is 5.11 Å². The smallest absolute Gasteiger partial charge is 0.138 e. The van der Waals surface area contributed by atoms with Gasteiger partial charge in [0.15, 0.2) is 0 Å². The van der Waals surface area contributed by atoms with Crippen molar-refractivity contribution in [2.24, 2.45) is 0 Å². The molecule has 1 aromatic carbocycles. The first-order valence-corrected chi connectivity index (χ1v) is 5.60. The lowest BCUT2D eigenvalue weighted by atomic mass is 10.2. The van der Waals surface area contributed by atoms with Crippen LogP contribution in [0.25, 0.3) is 11.3 Å². The lowest BCUT2D eigenvalue weighted by Crippen LogP contribution is -1.85. The standard InChI is InChI=1S/C12H10BrFO2/c1-7(15)11-4-5-12(16-11)8-2-3-9(13)10(14)6-8/h2-7,15H,1H3. The highest BCUT2D eigenvalue weighted by atomic mass is 79.9. The van der Waals surface area contributed by atoms with E-state index in [1.807, 2.05) is 0 Å². The monoisotopic (exact) mass is 284 g/mol. The second-order valence-electron chi connectivity index (χ2n) is 3.51. The lowest BCUT2D eigenvalue weighted by Gasteiger charge is -2.00. The van der Waals surface area contributed by atoms with Crippen molar-refractivity contribution in [3.05, 3.63) is 46.4 Å². The van der Waals surface area contributed by atoms with Gasteiger partial charge in [-0.05, 0) is 53.2 Å². The summed E-state index contributed by atoms with van der Waals surface area (Å²) in [6, 6.07) is 8.15. The molecule has 0 bridgehead atoms.